The largest absolute Gasteiger partial charge is 0.476 e. The lowest BCUT2D eigenvalue weighted by atomic mass is 10.4. The van der Waals surface area contributed by atoms with Crippen molar-refractivity contribution in [1.29, 1.82) is 0 Å². The van der Waals surface area contributed by atoms with Crippen LogP contribution in [0.4, 0.5) is 0 Å². The van der Waals surface area contributed by atoms with E-state index in [9.17, 15) is 9.59 Å². The second-order valence-electron chi connectivity index (χ2n) is 2.11. The highest BCUT2D eigenvalue weighted by Gasteiger charge is 2.08. The highest BCUT2D eigenvalue weighted by Crippen LogP contribution is 2.01. The zero-order valence-corrected chi connectivity index (χ0v) is 6.87. The van der Waals surface area contributed by atoms with Gasteiger partial charge in [0.2, 0.25) is 0 Å². The van der Waals surface area contributed by atoms with Crippen molar-refractivity contribution in [3.8, 4) is 0 Å². The molecule has 1 aromatic rings. The molecule has 0 aliphatic carbocycles. The fourth-order valence-electron chi connectivity index (χ4n) is 0.677. The van der Waals surface area contributed by atoms with Gasteiger partial charge in [-0.05, 0) is 6.07 Å². The van der Waals surface area contributed by atoms with E-state index in [1.807, 2.05) is 0 Å². The molecule has 0 fully saturated rings. The van der Waals surface area contributed by atoms with Gasteiger partial charge in [-0.25, -0.2) is 9.48 Å². The van der Waals surface area contributed by atoms with E-state index in [1.54, 1.807) is 0 Å². The maximum Gasteiger partial charge on any atom is 0.356 e. The summed E-state index contributed by atoms with van der Waals surface area (Å²) >= 11 is 5.43. The molecule has 5 nitrogen and oxygen atoms in total. The molecule has 0 aromatic carbocycles. The van der Waals surface area contributed by atoms with Crippen molar-refractivity contribution in [2.45, 2.75) is 0 Å². The van der Waals surface area contributed by atoms with Crippen LogP contribution >= 0.6 is 11.6 Å². The fourth-order valence-corrected chi connectivity index (χ4v) is 0.902. The minimum absolute atomic E-state index is 0.148. The number of hydrogen-bond acceptors (Lipinski definition) is 3. The molecule has 0 unspecified atom stereocenters. The molecule has 0 aliphatic heterocycles. The van der Waals surface area contributed by atoms with Gasteiger partial charge in [0.05, 0.1) is 0 Å². The molecular formula is C6H5ClN2O3. The van der Waals surface area contributed by atoms with Crippen molar-refractivity contribution in [1.82, 2.24) is 9.78 Å². The lowest BCUT2D eigenvalue weighted by molar-refractivity contribution is 0.0687. The average molecular weight is 189 g/mol. The Hall–Kier alpha value is -1.36. The number of nitrogens with zero attached hydrogens (tertiary/aromatic N) is 2. The van der Waals surface area contributed by atoms with Crippen LogP contribution in [0.3, 0.4) is 0 Å². The lowest BCUT2D eigenvalue weighted by Crippen LogP contribution is -2.22. The summed E-state index contributed by atoms with van der Waals surface area (Å²) in [6.07, 6.45) is 0. The highest BCUT2D eigenvalue weighted by molar-refractivity contribution is 6.30. The number of aryl methyl sites for hydroxylation is 1. The molecule has 1 rings (SSSR count). The molecule has 1 aromatic heterocycles. The topological polar surface area (TPSA) is 72.2 Å². The molecule has 0 saturated heterocycles. The van der Waals surface area contributed by atoms with Crippen LogP contribution in [0.15, 0.2) is 10.9 Å². The van der Waals surface area contributed by atoms with Crippen molar-refractivity contribution in [3.63, 3.8) is 0 Å². The van der Waals surface area contributed by atoms with Crippen LogP contribution in [-0.2, 0) is 7.05 Å². The number of carboxylic acids is 1. The number of carboxylic acid groups (broad SMARTS) is 1. The maximum absolute atomic E-state index is 10.9. The molecule has 0 atom stereocenters. The van der Waals surface area contributed by atoms with E-state index in [-0.39, 0.29) is 10.7 Å². The molecule has 1 heterocycles. The molecule has 0 bridgehead atoms. The van der Waals surface area contributed by atoms with E-state index in [2.05, 4.69) is 5.10 Å². The quantitative estimate of drug-likeness (QED) is 0.680. The summed E-state index contributed by atoms with van der Waals surface area (Å²) in [5.74, 6) is -1.22. The Kier molecular flexibility index (Phi) is 2.14. The second-order valence-corrected chi connectivity index (χ2v) is 2.52. The summed E-state index contributed by atoms with van der Waals surface area (Å²) < 4.78 is 0.881. The molecule has 6 heteroatoms. The van der Waals surface area contributed by atoms with Crippen molar-refractivity contribution in [3.05, 3.63) is 27.1 Å². The lowest BCUT2D eigenvalue weighted by Gasteiger charge is -1.98. The Balaban J connectivity index is 3.41. The van der Waals surface area contributed by atoms with Crippen LogP contribution in [0.1, 0.15) is 10.5 Å². The highest BCUT2D eigenvalue weighted by atomic mass is 35.5. The van der Waals surface area contributed by atoms with Crippen LogP contribution in [0.5, 0.6) is 0 Å². The fraction of sp³-hybridized carbons (Fsp3) is 0.167. The molecule has 0 spiro atoms. The van der Waals surface area contributed by atoms with Gasteiger partial charge in [0, 0.05) is 7.05 Å². The Morgan fingerprint density at radius 3 is 2.75 bits per heavy atom. The predicted octanol–water partition coefficient (Wildman–Crippen LogP) is 0.132. The molecular weight excluding hydrogens is 184 g/mol. The van der Waals surface area contributed by atoms with Gasteiger partial charge in [-0.3, -0.25) is 4.79 Å². The Morgan fingerprint density at radius 2 is 2.33 bits per heavy atom. The SMILES string of the molecule is Cn1nc(C(=O)O)cc(Cl)c1=O. The Morgan fingerprint density at radius 1 is 1.75 bits per heavy atom. The van der Waals surface area contributed by atoms with Crippen LogP contribution in [0.25, 0.3) is 0 Å². The molecule has 12 heavy (non-hydrogen) atoms. The molecule has 0 radical (unpaired) electrons. The Bertz CT molecular complexity index is 359. The predicted molar refractivity (Wildman–Crippen MR) is 41.4 cm³/mol. The third kappa shape index (κ3) is 1.45. The van der Waals surface area contributed by atoms with E-state index in [0.29, 0.717) is 0 Å². The Labute approximate surface area is 72.2 Å². The van der Waals surface area contributed by atoms with E-state index >= 15 is 0 Å². The van der Waals surface area contributed by atoms with Gasteiger partial charge in [-0.2, -0.15) is 5.10 Å². The number of halogens is 1. The first-order chi connectivity index (χ1) is 5.52. The van der Waals surface area contributed by atoms with E-state index in [0.717, 1.165) is 10.7 Å². The first kappa shape index (κ1) is 8.73. The summed E-state index contributed by atoms with van der Waals surface area (Å²) in [4.78, 5) is 21.3. The number of hydrogen-bond donors (Lipinski definition) is 1. The number of aromatic nitrogens is 2. The minimum atomic E-state index is -1.22. The summed E-state index contributed by atoms with van der Waals surface area (Å²) in [5.41, 5.74) is -0.760. The number of carbonyl (C=O) groups is 1. The van der Waals surface area contributed by atoms with Crippen molar-refractivity contribution < 1.29 is 9.90 Å². The van der Waals surface area contributed by atoms with Crippen LogP contribution in [0, 0.1) is 0 Å². The monoisotopic (exact) mass is 188 g/mol. The van der Waals surface area contributed by atoms with E-state index in [1.165, 1.54) is 7.05 Å². The molecule has 0 saturated carbocycles. The smallest absolute Gasteiger partial charge is 0.356 e. The maximum atomic E-state index is 10.9. The zero-order chi connectivity index (χ0) is 9.30. The molecule has 64 valence electrons. The number of rotatable bonds is 1. The van der Waals surface area contributed by atoms with Crippen LogP contribution < -0.4 is 5.56 Å². The van der Waals surface area contributed by atoms with Crippen LogP contribution in [-0.4, -0.2) is 20.9 Å². The first-order valence-electron chi connectivity index (χ1n) is 2.99. The van der Waals surface area contributed by atoms with Crippen molar-refractivity contribution in [2.24, 2.45) is 7.05 Å². The van der Waals surface area contributed by atoms with Crippen LogP contribution in [0.2, 0.25) is 5.02 Å². The van der Waals surface area contributed by atoms with Gasteiger partial charge in [-0.1, -0.05) is 11.6 Å². The molecule has 0 aliphatic rings. The summed E-state index contributed by atoms with van der Waals surface area (Å²) in [6, 6.07) is 1.02. The summed E-state index contributed by atoms with van der Waals surface area (Å²) in [7, 11) is 1.33. The van der Waals surface area contributed by atoms with Gasteiger partial charge in [0.15, 0.2) is 5.69 Å². The third-order valence-electron chi connectivity index (χ3n) is 1.24. The van der Waals surface area contributed by atoms with Gasteiger partial charge in [-0.15, -0.1) is 0 Å². The van der Waals surface area contributed by atoms with E-state index < -0.39 is 11.5 Å². The normalized spacial score (nSPS) is 9.83. The van der Waals surface area contributed by atoms with E-state index in [4.69, 9.17) is 16.7 Å². The molecule has 0 amide bonds. The summed E-state index contributed by atoms with van der Waals surface area (Å²) in [5, 5.41) is 11.8. The van der Waals surface area contributed by atoms with Gasteiger partial charge in [0.25, 0.3) is 5.56 Å². The average Bonchev–Trinajstić information content (AvgIpc) is 1.99. The van der Waals surface area contributed by atoms with Crippen molar-refractivity contribution >= 4 is 17.6 Å². The van der Waals surface area contributed by atoms with Gasteiger partial charge < -0.3 is 5.11 Å². The third-order valence-corrected chi connectivity index (χ3v) is 1.51. The number of aromatic carboxylic acids is 1. The zero-order valence-electron chi connectivity index (χ0n) is 6.11. The van der Waals surface area contributed by atoms with Gasteiger partial charge in [0.1, 0.15) is 5.02 Å². The van der Waals surface area contributed by atoms with Gasteiger partial charge >= 0.3 is 5.97 Å². The minimum Gasteiger partial charge on any atom is -0.476 e. The summed E-state index contributed by atoms with van der Waals surface area (Å²) in [6.45, 7) is 0. The first-order valence-corrected chi connectivity index (χ1v) is 3.37. The second kappa shape index (κ2) is 2.94. The standard InChI is InChI=1S/C6H5ClN2O3/c1-9-5(10)3(7)2-4(8-9)6(11)12/h2H,1H3,(H,11,12). The van der Waals surface area contributed by atoms with Crippen molar-refractivity contribution in [2.75, 3.05) is 0 Å². The molecule has 1 N–H and O–H groups in total.